The molecule has 1 unspecified atom stereocenters. The molecule has 0 saturated heterocycles. The van der Waals surface area contributed by atoms with Crippen molar-refractivity contribution in [3.8, 4) is 0 Å². The maximum Gasteiger partial charge on any atom is 0.123 e. The third-order valence-corrected chi connectivity index (χ3v) is 4.22. The second-order valence-electron chi connectivity index (χ2n) is 5.41. The molecule has 0 aliphatic rings. The molecule has 3 nitrogen and oxygen atoms in total. The van der Waals surface area contributed by atoms with Gasteiger partial charge in [-0.05, 0) is 62.4 Å². The fraction of sp³-hybridized carbons (Fsp3) is 0.438. The largest absolute Gasteiger partial charge is 0.393 e. The normalized spacial score (nSPS) is 12.7. The number of aliphatic hydroxyl groups is 1. The molecule has 0 fully saturated rings. The quantitative estimate of drug-likeness (QED) is 0.919. The van der Waals surface area contributed by atoms with E-state index in [1.165, 1.54) is 23.8 Å². The summed E-state index contributed by atoms with van der Waals surface area (Å²) in [5.41, 5.74) is 3.92. The van der Waals surface area contributed by atoms with E-state index in [9.17, 15) is 9.50 Å². The average molecular weight is 311 g/mol. The summed E-state index contributed by atoms with van der Waals surface area (Å²) in [7, 11) is 1.91. The molecule has 1 aromatic heterocycles. The van der Waals surface area contributed by atoms with Gasteiger partial charge in [-0.2, -0.15) is 5.10 Å². The van der Waals surface area contributed by atoms with Crippen LogP contribution < -0.4 is 0 Å². The Kier molecular flexibility index (Phi) is 5.01. The van der Waals surface area contributed by atoms with E-state index in [0.29, 0.717) is 23.4 Å². The Hall–Kier alpha value is -1.39. The van der Waals surface area contributed by atoms with E-state index in [0.717, 1.165) is 17.8 Å². The molecular formula is C16H20ClFN2O. The Morgan fingerprint density at radius 2 is 2.10 bits per heavy atom. The lowest BCUT2D eigenvalue weighted by atomic mass is 10.0. The average Bonchev–Trinajstić information content (AvgIpc) is 2.66. The van der Waals surface area contributed by atoms with E-state index in [1.807, 2.05) is 25.6 Å². The van der Waals surface area contributed by atoms with Crippen LogP contribution in [0.15, 0.2) is 18.2 Å². The van der Waals surface area contributed by atoms with Crippen LogP contribution >= 0.6 is 11.6 Å². The zero-order valence-corrected chi connectivity index (χ0v) is 13.3. The molecule has 2 rings (SSSR count). The van der Waals surface area contributed by atoms with Crippen molar-refractivity contribution in [2.45, 2.75) is 39.2 Å². The van der Waals surface area contributed by atoms with Crippen LogP contribution in [0.1, 0.15) is 28.9 Å². The van der Waals surface area contributed by atoms with E-state index in [2.05, 4.69) is 5.10 Å². The molecule has 0 bridgehead atoms. The molecule has 1 aromatic carbocycles. The molecule has 114 valence electrons. The maximum atomic E-state index is 13.2. The molecule has 0 spiro atoms. The van der Waals surface area contributed by atoms with Crippen LogP contribution in [0, 0.1) is 19.7 Å². The van der Waals surface area contributed by atoms with Crippen molar-refractivity contribution in [1.29, 1.82) is 0 Å². The lowest BCUT2D eigenvalue weighted by Gasteiger charge is -2.12. The lowest BCUT2D eigenvalue weighted by molar-refractivity contribution is 0.165. The van der Waals surface area contributed by atoms with Gasteiger partial charge in [0.05, 0.1) is 11.8 Å². The first-order valence-electron chi connectivity index (χ1n) is 6.99. The van der Waals surface area contributed by atoms with Crippen molar-refractivity contribution in [2.75, 3.05) is 0 Å². The van der Waals surface area contributed by atoms with Crippen LogP contribution in [0.4, 0.5) is 4.39 Å². The first-order chi connectivity index (χ1) is 9.88. The van der Waals surface area contributed by atoms with Crippen LogP contribution in [-0.4, -0.2) is 21.0 Å². The first kappa shape index (κ1) is 16.0. The van der Waals surface area contributed by atoms with E-state index in [1.54, 1.807) is 0 Å². The summed E-state index contributed by atoms with van der Waals surface area (Å²) in [6.07, 6.45) is 1.15. The van der Waals surface area contributed by atoms with Crippen LogP contribution in [-0.2, 0) is 19.9 Å². The van der Waals surface area contributed by atoms with Gasteiger partial charge < -0.3 is 5.11 Å². The number of hydrogen-bond acceptors (Lipinski definition) is 2. The van der Waals surface area contributed by atoms with Crippen LogP contribution in [0.25, 0.3) is 0 Å². The van der Waals surface area contributed by atoms with Gasteiger partial charge >= 0.3 is 0 Å². The van der Waals surface area contributed by atoms with Crippen molar-refractivity contribution < 1.29 is 9.50 Å². The van der Waals surface area contributed by atoms with E-state index in [4.69, 9.17) is 11.6 Å². The van der Waals surface area contributed by atoms with Crippen molar-refractivity contribution in [3.63, 3.8) is 0 Å². The molecule has 0 saturated carbocycles. The van der Waals surface area contributed by atoms with E-state index < -0.39 is 6.10 Å². The number of nitrogens with zero attached hydrogens (tertiary/aromatic N) is 2. The standard InChI is InChI=1S/C16H20ClFN2O/c1-10-15(11(2)20(3)19-10)6-5-14(21)9-12-8-13(18)4-7-16(12)17/h4,7-8,14,21H,5-6,9H2,1-3H3. The molecule has 21 heavy (non-hydrogen) atoms. The van der Waals surface area contributed by atoms with Gasteiger partial charge in [0, 0.05) is 17.8 Å². The Labute approximate surface area is 129 Å². The molecule has 0 aliphatic carbocycles. The molecule has 1 N–H and O–H groups in total. The second kappa shape index (κ2) is 6.58. The van der Waals surface area contributed by atoms with Crippen LogP contribution in [0.2, 0.25) is 5.02 Å². The van der Waals surface area contributed by atoms with E-state index in [-0.39, 0.29) is 5.82 Å². The van der Waals surface area contributed by atoms with Crippen LogP contribution in [0.3, 0.4) is 0 Å². The van der Waals surface area contributed by atoms with Gasteiger partial charge in [0.2, 0.25) is 0 Å². The zero-order valence-electron chi connectivity index (χ0n) is 12.5. The van der Waals surface area contributed by atoms with Gasteiger partial charge in [-0.15, -0.1) is 0 Å². The number of rotatable bonds is 5. The Morgan fingerprint density at radius 3 is 2.71 bits per heavy atom. The van der Waals surface area contributed by atoms with Crippen molar-refractivity contribution >= 4 is 11.6 Å². The molecule has 0 radical (unpaired) electrons. The number of aliphatic hydroxyl groups excluding tert-OH is 1. The molecule has 2 aromatic rings. The highest BCUT2D eigenvalue weighted by Gasteiger charge is 2.14. The van der Waals surface area contributed by atoms with Crippen LogP contribution in [0.5, 0.6) is 0 Å². The van der Waals surface area contributed by atoms with Gasteiger partial charge in [0.25, 0.3) is 0 Å². The van der Waals surface area contributed by atoms with Gasteiger partial charge in [-0.3, -0.25) is 4.68 Å². The number of benzene rings is 1. The molecule has 5 heteroatoms. The highest BCUT2D eigenvalue weighted by Crippen LogP contribution is 2.21. The maximum absolute atomic E-state index is 13.2. The van der Waals surface area contributed by atoms with E-state index >= 15 is 0 Å². The number of halogens is 2. The molecule has 1 atom stereocenters. The predicted molar refractivity (Wildman–Crippen MR) is 82.1 cm³/mol. The van der Waals surface area contributed by atoms with Crippen molar-refractivity contribution in [3.05, 3.63) is 51.6 Å². The smallest absolute Gasteiger partial charge is 0.123 e. The Balaban J connectivity index is 1.99. The summed E-state index contributed by atoms with van der Waals surface area (Å²) >= 11 is 6.02. The van der Waals surface area contributed by atoms with Gasteiger partial charge in [-0.1, -0.05) is 11.6 Å². The van der Waals surface area contributed by atoms with Crippen molar-refractivity contribution in [1.82, 2.24) is 9.78 Å². The first-order valence-corrected chi connectivity index (χ1v) is 7.37. The highest BCUT2D eigenvalue weighted by atomic mass is 35.5. The second-order valence-corrected chi connectivity index (χ2v) is 5.81. The number of hydrogen-bond donors (Lipinski definition) is 1. The summed E-state index contributed by atoms with van der Waals surface area (Å²) in [5, 5.41) is 15.0. The van der Waals surface area contributed by atoms with Crippen molar-refractivity contribution in [2.24, 2.45) is 7.05 Å². The summed E-state index contributed by atoms with van der Waals surface area (Å²) in [6.45, 7) is 3.99. The lowest BCUT2D eigenvalue weighted by Crippen LogP contribution is -2.12. The minimum atomic E-state index is -0.552. The third-order valence-electron chi connectivity index (χ3n) is 3.85. The van der Waals surface area contributed by atoms with Gasteiger partial charge in [0.1, 0.15) is 5.82 Å². The molecule has 0 aliphatic heterocycles. The third kappa shape index (κ3) is 3.83. The fourth-order valence-electron chi connectivity index (χ4n) is 2.55. The Bertz CT molecular complexity index is 639. The number of aromatic nitrogens is 2. The van der Waals surface area contributed by atoms with Gasteiger partial charge in [-0.25, -0.2) is 4.39 Å². The minimum absolute atomic E-state index is 0.333. The SMILES string of the molecule is Cc1nn(C)c(C)c1CCC(O)Cc1cc(F)ccc1Cl. The molecule has 1 heterocycles. The predicted octanol–water partition coefficient (Wildman–Crippen LogP) is 3.37. The fourth-order valence-corrected chi connectivity index (χ4v) is 2.74. The molecular weight excluding hydrogens is 291 g/mol. The summed E-state index contributed by atoms with van der Waals surface area (Å²) in [4.78, 5) is 0. The summed E-state index contributed by atoms with van der Waals surface area (Å²) in [6, 6.07) is 4.22. The Morgan fingerprint density at radius 1 is 1.38 bits per heavy atom. The zero-order chi connectivity index (χ0) is 15.6. The monoisotopic (exact) mass is 310 g/mol. The summed E-state index contributed by atoms with van der Waals surface area (Å²) in [5.74, 6) is -0.333. The minimum Gasteiger partial charge on any atom is -0.393 e. The topological polar surface area (TPSA) is 38.0 Å². The highest BCUT2D eigenvalue weighted by molar-refractivity contribution is 6.31. The van der Waals surface area contributed by atoms with Gasteiger partial charge in [0.15, 0.2) is 0 Å². The molecule has 0 amide bonds. The summed E-state index contributed by atoms with van der Waals surface area (Å²) < 4.78 is 15.1. The number of aryl methyl sites for hydroxylation is 2.